The maximum Gasteiger partial charge on any atom is 0.307 e. The van der Waals surface area contributed by atoms with Crippen LogP contribution in [0.4, 0.5) is 0 Å². The van der Waals surface area contributed by atoms with Gasteiger partial charge in [-0.3, -0.25) is 9.59 Å². The Hall–Kier alpha value is -1.10. The summed E-state index contributed by atoms with van der Waals surface area (Å²) in [5.41, 5.74) is 0. The number of amides is 1. The number of nitrogens with zero attached hydrogens (tertiary/aromatic N) is 1. The number of carbonyl (C=O) groups is 2. The number of carbonyl (C=O) groups excluding carboxylic acids is 1. The topological polar surface area (TPSA) is 69.6 Å². The van der Waals surface area contributed by atoms with Crippen LogP contribution in [0.2, 0.25) is 0 Å². The molecule has 0 radical (unpaired) electrons. The SMILES string of the molecule is CC1CCN(CCNC(=O)C2CC(C)CC2C(=O)O)CC1. The lowest BCUT2D eigenvalue weighted by molar-refractivity contribution is -0.146. The van der Waals surface area contributed by atoms with Crippen molar-refractivity contribution < 1.29 is 14.7 Å². The average Bonchev–Trinajstić information content (AvgIpc) is 2.83. The summed E-state index contributed by atoms with van der Waals surface area (Å²) in [6, 6.07) is 0. The monoisotopic (exact) mass is 296 g/mol. The summed E-state index contributed by atoms with van der Waals surface area (Å²) in [5, 5.41) is 12.2. The Kier molecular flexibility index (Phi) is 5.62. The number of likely N-dealkylation sites (tertiary alicyclic amines) is 1. The van der Waals surface area contributed by atoms with Gasteiger partial charge in [-0.1, -0.05) is 13.8 Å². The van der Waals surface area contributed by atoms with Crippen molar-refractivity contribution >= 4 is 11.9 Å². The van der Waals surface area contributed by atoms with Crippen molar-refractivity contribution in [3.05, 3.63) is 0 Å². The number of hydrogen-bond donors (Lipinski definition) is 2. The molecule has 21 heavy (non-hydrogen) atoms. The van der Waals surface area contributed by atoms with E-state index in [1.54, 1.807) is 0 Å². The van der Waals surface area contributed by atoms with Crippen LogP contribution in [-0.2, 0) is 9.59 Å². The Bertz CT molecular complexity index is 378. The van der Waals surface area contributed by atoms with Gasteiger partial charge in [0.15, 0.2) is 0 Å². The van der Waals surface area contributed by atoms with Crippen LogP contribution in [0.25, 0.3) is 0 Å². The summed E-state index contributed by atoms with van der Waals surface area (Å²) in [5.74, 6) is -0.617. The van der Waals surface area contributed by atoms with Gasteiger partial charge in [-0.2, -0.15) is 0 Å². The molecule has 5 nitrogen and oxygen atoms in total. The Balaban J connectivity index is 1.73. The summed E-state index contributed by atoms with van der Waals surface area (Å²) in [7, 11) is 0. The maximum absolute atomic E-state index is 12.2. The second-order valence-corrected chi connectivity index (χ2v) is 6.94. The minimum Gasteiger partial charge on any atom is -0.481 e. The van der Waals surface area contributed by atoms with Gasteiger partial charge in [0, 0.05) is 13.1 Å². The highest BCUT2D eigenvalue weighted by Gasteiger charge is 2.40. The molecular formula is C16H28N2O3. The Morgan fingerprint density at radius 2 is 1.71 bits per heavy atom. The molecule has 1 amide bonds. The van der Waals surface area contributed by atoms with Crippen LogP contribution in [0.15, 0.2) is 0 Å². The lowest BCUT2D eigenvalue weighted by Gasteiger charge is -2.30. The molecule has 0 aromatic heterocycles. The molecule has 2 rings (SSSR count). The summed E-state index contributed by atoms with van der Waals surface area (Å²) >= 11 is 0. The molecule has 1 aliphatic heterocycles. The van der Waals surface area contributed by atoms with Crippen LogP contribution in [0.5, 0.6) is 0 Å². The van der Waals surface area contributed by atoms with Crippen molar-refractivity contribution in [2.24, 2.45) is 23.7 Å². The first-order chi connectivity index (χ1) is 9.97. The second-order valence-electron chi connectivity index (χ2n) is 6.94. The van der Waals surface area contributed by atoms with Crippen molar-refractivity contribution in [1.29, 1.82) is 0 Å². The molecule has 3 unspecified atom stereocenters. The van der Waals surface area contributed by atoms with Gasteiger partial charge in [0.25, 0.3) is 0 Å². The zero-order chi connectivity index (χ0) is 15.4. The van der Waals surface area contributed by atoms with Crippen molar-refractivity contribution in [3.8, 4) is 0 Å². The van der Waals surface area contributed by atoms with Gasteiger partial charge in [0.2, 0.25) is 5.91 Å². The van der Waals surface area contributed by atoms with E-state index in [9.17, 15) is 14.7 Å². The van der Waals surface area contributed by atoms with E-state index >= 15 is 0 Å². The molecular weight excluding hydrogens is 268 g/mol. The second kappa shape index (κ2) is 7.25. The fourth-order valence-corrected chi connectivity index (χ4v) is 3.61. The molecule has 2 aliphatic rings. The summed E-state index contributed by atoms with van der Waals surface area (Å²) in [6.45, 7) is 8.03. The van der Waals surface area contributed by atoms with Crippen molar-refractivity contribution in [3.63, 3.8) is 0 Å². The zero-order valence-electron chi connectivity index (χ0n) is 13.2. The number of aliphatic carboxylic acids is 1. The van der Waals surface area contributed by atoms with Gasteiger partial charge >= 0.3 is 5.97 Å². The summed E-state index contributed by atoms with van der Waals surface area (Å²) in [6.07, 6.45) is 3.78. The number of hydrogen-bond acceptors (Lipinski definition) is 3. The van der Waals surface area contributed by atoms with Gasteiger partial charge in [-0.05, 0) is 50.6 Å². The minimum atomic E-state index is -0.829. The minimum absolute atomic E-state index is 0.0721. The van der Waals surface area contributed by atoms with Crippen LogP contribution in [-0.4, -0.2) is 48.1 Å². The van der Waals surface area contributed by atoms with Crippen LogP contribution in [0.1, 0.15) is 39.5 Å². The first-order valence-corrected chi connectivity index (χ1v) is 8.20. The highest BCUT2D eigenvalue weighted by Crippen LogP contribution is 2.36. The third kappa shape index (κ3) is 4.43. The first-order valence-electron chi connectivity index (χ1n) is 8.20. The van der Waals surface area contributed by atoms with Gasteiger partial charge in [0.05, 0.1) is 11.8 Å². The molecule has 2 fully saturated rings. The zero-order valence-corrected chi connectivity index (χ0v) is 13.2. The Labute approximate surface area is 127 Å². The molecule has 5 heteroatoms. The molecule has 1 saturated heterocycles. The van der Waals surface area contributed by atoms with Crippen LogP contribution >= 0.6 is 0 Å². The fourth-order valence-electron chi connectivity index (χ4n) is 3.61. The highest BCUT2D eigenvalue weighted by atomic mass is 16.4. The van der Waals surface area contributed by atoms with Gasteiger partial charge in [-0.15, -0.1) is 0 Å². The van der Waals surface area contributed by atoms with E-state index in [1.807, 2.05) is 6.92 Å². The number of piperidine rings is 1. The van der Waals surface area contributed by atoms with E-state index in [1.165, 1.54) is 12.8 Å². The van der Waals surface area contributed by atoms with Gasteiger partial charge in [0.1, 0.15) is 0 Å². The molecule has 2 N–H and O–H groups in total. The molecule has 1 saturated carbocycles. The van der Waals surface area contributed by atoms with Crippen LogP contribution in [0.3, 0.4) is 0 Å². The molecule has 1 heterocycles. The van der Waals surface area contributed by atoms with Crippen molar-refractivity contribution in [2.75, 3.05) is 26.2 Å². The number of rotatable bonds is 5. The summed E-state index contributed by atoms with van der Waals surface area (Å²) in [4.78, 5) is 25.8. The average molecular weight is 296 g/mol. The molecule has 0 spiro atoms. The van der Waals surface area contributed by atoms with E-state index in [4.69, 9.17) is 0 Å². The van der Waals surface area contributed by atoms with Gasteiger partial charge < -0.3 is 15.3 Å². The summed E-state index contributed by atoms with van der Waals surface area (Å²) < 4.78 is 0. The molecule has 3 atom stereocenters. The number of carboxylic acids is 1. The lowest BCUT2D eigenvalue weighted by atomic mass is 9.95. The normalized spacial score (nSPS) is 31.2. The lowest BCUT2D eigenvalue weighted by Crippen LogP contribution is -2.41. The molecule has 0 aromatic carbocycles. The van der Waals surface area contributed by atoms with E-state index in [-0.39, 0.29) is 11.8 Å². The van der Waals surface area contributed by atoms with Gasteiger partial charge in [-0.25, -0.2) is 0 Å². The smallest absolute Gasteiger partial charge is 0.307 e. The van der Waals surface area contributed by atoms with Crippen LogP contribution in [0, 0.1) is 23.7 Å². The predicted molar refractivity (Wildman–Crippen MR) is 80.9 cm³/mol. The standard InChI is InChI=1S/C16H28N2O3/c1-11-3-6-18(7-4-11)8-5-17-15(19)13-9-12(2)10-14(13)16(20)21/h11-14H,3-10H2,1-2H3,(H,17,19)(H,20,21). The third-order valence-corrected chi connectivity index (χ3v) is 5.06. The molecule has 0 bridgehead atoms. The van der Waals surface area contributed by atoms with Crippen LogP contribution < -0.4 is 5.32 Å². The number of nitrogens with one attached hydrogen (secondary N) is 1. The van der Waals surface area contributed by atoms with E-state index < -0.39 is 11.9 Å². The highest BCUT2D eigenvalue weighted by molar-refractivity contribution is 5.85. The third-order valence-electron chi connectivity index (χ3n) is 5.06. The Morgan fingerprint density at radius 1 is 1.10 bits per heavy atom. The predicted octanol–water partition coefficient (Wildman–Crippen LogP) is 1.58. The number of carboxylic acid groups (broad SMARTS) is 1. The molecule has 1 aliphatic carbocycles. The van der Waals surface area contributed by atoms with Crippen molar-refractivity contribution in [1.82, 2.24) is 10.2 Å². The fraction of sp³-hybridized carbons (Fsp3) is 0.875. The molecule has 0 aromatic rings. The van der Waals surface area contributed by atoms with E-state index in [0.29, 0.717) is 25.3 Å². The quantitative estimate of drug-likeness (QED) is 0.808. The molecule has 120 valence electrons. The van der Waals surface area contributed by atoms with E-state index in [2.05, 4.69) is 17.1 Å². The van der Waals surface area contributed by atoms with Crippen molar-refractivity contribution in [2.45, 2.75) is 39.5 Å². The maximum atomic E-state index is 12.2. The van der Waals surface area contributed by atoms with E-state index in [0.717, 1.165) is 25.6 Å². The first kappa shape index (κ1) is 16.3. The Morgan fingerprint density at radius 3 is 2.33 bits per heavy atom. The largest absolute Gasteiger partial charge is 0.481 e.